The molecule has 0 aliphatic carbocycles. The highest BCUT2D eigenvalue weighted by atomic mass is 35.5. The van der Waals surface area contributed by atoms with Crippen LogP contribution in [0.1, 0.15) is 27.2 Å². The van der Waals surface area contributed by atoms with Crippen molar-refractivity contribution < 1.29 is 28.6 Å². The van der Waals surface area contributed by atoms with Gasteiger partial charge in [-0.05, 0) is 32.9 Å². The number of carbonyl (C=O) groups excluding carboxylic acids is 1. The van der Waals surface area contributed by atoms with Crippen LogP contribution >= 0.6 is 11.6 Å². The number of aliphatic carboxylic acids is 1. The maximum atomic E-state index is 13.5. The number of carboxylic acids is 1. The molecule has 1 saturated heterocycles. The first-order chi connectivity index (χ1) is 11.1. The van der Waals surface area contributed by atoms with Gasteiger partial charge in [-0.1, -0.05) is 11.6 Å². The van der Waals surface area contributed by atoms with Crippen LogP contribution in [0.2, 0.25) is 5.02 Å². The highest BCUT2D eigenvalue weighted by molar-refractivity contribution is 6.30. The van der Waals surface area contributed by atoms with Crippen molar-refractivity contribution in [1.29, 1.82) is 0 Å². The number of hydrogen-bond donors (Lipinski definition) is 1. The van der Waals surface area contributed by atoms with Crippen molar-refractivity contribution in [2.45, 2.75) is 44.9 Å². The monoisotopic (exact) mass is 359 g/mol. The highest BCUT2D eigenvalue weighted by Gasteiger charge is 2.42. The molecule has 132 valence electrons. The number of hydrogen-bond acceptors (Lipinski definition) is 4. The largest absolute Gasteiger partial charge is 0.488 e. The fraction of sp³-hybridized carbons (Fsp3) is 0.500. The fourth-order valence-corrected chi connectivity index (χ4v) is 2.50. The molecule has 0 aromatic heterocycles. The second-order valence-corrected chi connectivity index (χ2v) is 6.95. The Balaban J connectivity index is 2.10. The van der Waals surface area contributed by atoms with Crippen molar-refractivity contribution in [3.05, 3.63) is 29.0 Å². The summed E-state index contributed by atoms with van der Waals surface area (Å²) in [5.74, 6) is -1.56. The number of carboxylic acid groups (broad SMARTS) is 1. The Kier molecular flexibility index (Phi) is 5.22. The lowest BCUT2D eigenvalue weighted by atomic mass is 10.2. The molecule has 0 spiro atoms. The minimum atomic E-state index is -1.14. The summed E-state index contributed by atoms with van der Waals surface area (Å²) >= 11 is 5.61. The Morgan fingerprint density at radius 2 is 2.04 bits per heavy atom. The molecule has 24 heavy (non-hydrogen) atoms. The van der Waals surface area contributed by atoms with E-state index in [1.54, 1.807) is 20.8 Å². The predicted molar refractivity (Wildman–Crippen MR) is 84.8 cm³/mol. The van der Waals surface area contributed by atoms with Gasteiger partial charge >= 0.3 is 12.1 Å². The van der Waals surface area contributed by atoms with E-state index < -0.39 is 35.6 Å². The zero-order valence-electron chi connectivity index (χ0n) is 13.6. The van der Waals surface area contributed by atoms with Crippen molar-refractivity contribution in [2.24, 2.45) is 0 Å². The third kappa shape index (κ3) is 4.50. The van der Waals surface area contributed by atoms with Gasteiger partial charge in [0.05, 0.1) is 11.6 Å². The van der Waals surface area contributed by atoms with E-state index in [1.807, 2.05) is 0 Å². The molecular weight excluding hydrogens is 341 g/mol. The number of halogens is 2. The molecule has 8 heteroatoms. The molecule has 2 atom stereocenters. The number of likely N-dealkylation sites (tertiary alicyclic amines) is 1. The summed E-state index contributed by atoms with van der Waals surface area (Å²) in [5.41, 5.74) is -0.738. The number of benzene rings is 1. The third-order valence-electron chi connectivity index (χ3n) is 3.37. The molecule has 1 aromatic rings. The van der Waals surface area contributed by atoms with E-state index >= 15 is 0 Å². The lowest BCUT2D eigenvalue weighted by Crippen LogP contribution is -2.43. The first-order valence-electron chi connectivity index (χ1n) is 7.41. The molecule has 1 aliphatic heterocycles. The average Bonchev–Trinajstić information content (AvgIpc) is 2.85. The molecule has 0 saturated carbocycles. The zero-order valence-corrected chi connectivity index (χ0v) is 14.3. The molecule has 0 unspecified atom stereocenters. The van der Waals surface area contributed by atoms with E-state index in [-0.39, 0.29) is 23.7 Å². The van der Waals surface area contributed by atoms with Crippen LogP contribution in [-0.2, 0) is 9.53 Å². The van der Waals surface area contributed by atoms with Gasteiger partial charge < -0.3 is 14.6 Å². The maximum absolute atomic E-state index is 13.5. The van der Waals surface area contributed by atoms with Crippen molar-refractivity contribution in [3.63, 3.8) is 0 Å². The maximum Gasteiger partial charge on any atom is 0.411 e. The van der Waals surface area contributed by atoms with Crippen LogP contribution in [0.25, 0.3) is 0 Å². The van der Waals surface area contributed by atoms with Gasteiger partial charge in [-0.2, -0.15) is 0 Å². The van der Waals surface area contributed by atoms with Crippen molar-refractivity contribution in [1.82, 2.24) is 4.90 Å². The van der Waals surface area contributed by atoms with Gasteiger partial charge in [0.1, 0.15) is 29.3 Å². The number of nitrogens with zero attached hydrogens (tertiary/aromatic N) is 1. The molecule has 1 fully saturated rings. The van der Waals surface area contributed by atoms with Crippen molar-refractivity contribution in [2.75, 3.05) is 6.54 Å². The molecule has 0 bridgehead atoms. The summed E-state index contributed by atoms with van der Waals surface area (Å²) in [7, 11) is 0. The minimum Gasteiger partial charge on any atom is -0.488 e. The SMILES string of the molecule is CC(C)(C)OC(=O)N1C[C@H](Oc2ccc(Cl)c(F)c2)C[C@H]1C(=O)O. The van der Waals surface area contributed by atoms with Gasteiger partial charge in [0, 0.05) is 12.5 Å². The summed E-state index contributed by atoms with van der Waals surface area (Å²) < 4.78 is 24.3. The van der Waals surface area contributed by atoms with Crippen LogP contribution in [0.4, 0.5) is 9.18 Å². The number of carbonyl (C=O) groups is 2. The lowest BCUT2D eigenvalue weighted by Gasteiger charge is -2.26. The quantitative estimate of drug-likeness (QED) is 0.895. The lowest BCUT2D eigenvalue weighted by molar-refractivity contribution is -0.142. The summed E-state index contributed by atoms with van der Waals surface area (Å²) in [4.78, 5) is 24.7. The van der Waals surface area contributed by atoms with Crippen molar-refractivity contribution in [3.8, 4) is 5.75 Å². The van der Waals surface area contributed by atoms with Crippen LogP contribution in [0.5, 0.6) is 5.75 Å². The first-order valence-corrected chi connectivity index (χ1v) is 7.79. The van der Waals surface area contributed by atoms with Gasteiger partial charge in [-0.3, -0.25) is 4.90 Å². The molecule has 1 amide bonds. The number of amides is 1. The van der Waals surface area contributed by atoms with Gasteiger partial charge in [0.2, 0.25) is 0 Å². The Bertz CT molecular complexity index is 646. The molecule has 1 aromatic carbocycles. The molecule has 2 rings (SSSR count). The van der Waals surface area contributed by atoms with E-state index in [2.05, 4.69) is 0 Å². The Morgan fingerprint density at radius 1 is 1.38 bits per heavy atom. The summed E-state index contributed by atoms with van der Waals surface area (Å²) in [6.07, 6.45) is -1.22. The second-order valence-electron chi connectivity index (χ2n) is 6.54. The van der Waals surface area contributed by atoms with E-state index in [1.165, 1.54) is 12.1 Å². The van der Waals surface area contributed by atoms with E-state index in [0.29, 0.717) is 0 Å². The van der Waals surface area contributed by atoms with Crippen molar-refractivity contribution >= 4 is 23.7 Å². The molecule has 1 N–H and O–H groups in total. The Hall–Kier alpha value is -2.02. The summed E-state index contributed by atoms with van der Waals surface area (Å²) in [5, 5.41) is 9.28. The van der Waals surface area contributed by atoms with E-state index in [4.69, 9.17) is 21.1 Å². The predicted octanol–water partition coefficient (Wildman–Crippen LogP) is 3.32. The van der Waals surface area contributed by atoms with Crippen LogP contribution in [0, 0.1) is 5.82 Å². The van der Waals surface area contributed by atoms with Gasteiger partial charge in [0.15, 0.2) is 0 Å². The van der Waals surface area contributed by atoms with Gasteiger partial charge in [-0.25, -0.2) is 14.0 Å². The standard InChI is InChI=1S/C16H19ClFNO5/c1-16(2,3)24-15(22)19-8-10(7-13(19)14(20)21)23-9-4-5-11(17)12(18)6-9/h4-6,10,13H,7-8H2,1-3H3,(H,20,21)/t10-,13+/m1/s1. The van der Waals surface area contributed by atoms with E-state index in [9.17, 15) is 19.1 Å². The topological polar surface area (TPSA) is 76.1 Å². The number of ether oxygens (including phenoxy) is 2. The summed E-state index contributed by atoms with van der Waals surface area (Å²) in [6, 6.07) is 2.90. The average molecular weight is 360 g/mol. The Labute approximate surface area is 144 Å². The zero-order chi connectivity index (χ0) is 18.1. The highest BCUT2D eigenvalue weighted by Crippen LogP contribution is 2.27. The van der Waals surface area contributed by atoms with E-state index in [0.717, 1.165) is 11.0 Å². The molecule has 1 aliphatic rings. The smallest absolute Gasteiger partial charge is 0.411 e. The first kappa shape index (κ1) is 18.3. The second kappa shape index (κ2) is 6.84. The molecule has 1 heterocycles. The van der Waals surface area contributed by atoms with Crippen LogP contribution in [0.15, 0.2) is 18.2 Å². The molecule has 6 nitrogen and oxygen atoms in total. The molecule has 0 radical (unpaired) electrons. The van der Waals surface area contributed by atoms with Gasteiger partial charge in [-0.15, -0.1) is 0 Å². The molecular formula is C16H19ClFNO5. The minimum absolute atomic E-state index is 0.0347. The summed E-state index contributed by atoms with van der Waals surface area (Å²) in [6.45, 7) is 5.12. The third-order valence-corrected chi connectivity index (χ3v) is 3.68. The number of rotatable bonds is 3. The van der Waals surface area contributed by atoms with Gasteiger partial charge in [0.25, 0.3) is 0 Å². The normalized spacial score (nSPS) is 20.8. The van der Waals surface area contributed by atoms with Crippen LogP contribution in [-0.4, -0.2) is 46.4 Å². The Morgan fingerprint density at radius 3 is 2.58 bits per heavy atom. The van der Waals surface area contributed by atoms with Crippen LogP contribution in [0.3, 0.4) is 0 Å². The fourth-order valence-electron chi connectivity index (χ4n) is 2.38. The van der Waals surface area contributed by atoms with Crippen LogP contribution < -0.4 is 4.74 Å².